The largest absolute Gasteiger partial charge is 0.456 e. The van der Waals surface area contributed by atoms with E-state index < -0.39 is 77.8 Å². The number of aliphatic hydroxyl groups excluding tert-OH is 1. The molecule has 0 spiro atoms. The minimum atomic E-state index is -2.53. The number of esters is 1. The zero-order chi connectivity index (χ0) is 47.8. The monoisotopic (exact) mass is 916 g/mol. The molecular formula is C50H81N3O12. The highest BCUT2D eigenvalue weighted by molar-refractivity contribution is 6.39. The standard InChI is InChI=1S/C50H81N3O12/c1-31-24-32(2)26-42(62-7)46-43(63-8)28-34(4)50(60,65-46)47(57)48(58)53-23-13-10-19-39(53)49(59)64-45(33(3)27-36-16-14-18-38(29-36)61-6)35(5)40(54)30-41(55)37(25-31)17-15-20-44(56)52-22-12-9-11-21-51/h15,20,25,27,32,34-40,42-43,45-46,54,60H,9-14,16-19,21-24,26,28-30,51H2,1-8H3,(H,52,56)/b20-15+,31-25+,33-27+/t32-,34+,35+,36+,37+,38-,39?,40-,42-,43-,45+,46+,50+/m1/s1. The van der Waals surface area contributed by atoms with Crippen molar-refractivity contribution < 1.29 is 57.9 Å². The smallest absolute Gasteiger partial charge is 0.329 e. The van der Waals surface area contributed by atoms with Crippen LogP contribution >= 0.6 is 0 Å². The Morgan fingerprint density at radius 3 is 2.37 bits per heavy atom. The molecule has 15 nitrogen and oxygen atoms in total. The Hall–Kier alpha value is -3.31. The van der Waals surface area contributed by atoms with E-state index in [0.717, 1.165) is 50.5 Å². The van der Waals surface area contributed by atoms with Crippen molar-refractivity contribution in [3.63, 3.8) is 0 Å². The fourth-order valence-corrected chi connectivity index (χ4v) is 10.3. The quantitative estimate of drug-likeness (QED) is 0.0610. The highest BCUT2D eigenvalue weighted by Gasteiger charge is 2.56. The van der Waals surface area contributed by atoms with Crippen molar-refractivity contribution in [3.8, 4) is 0 Å². The van der Waals surface area contributed by atoms with Gasteiger partial charge < -0.3 is 49.8 Å². The molecule has 3 heterocycles. The highest BCUT2D eigenvalue weighted by Crippen LogP contribution is 2.39. The number of piperidine rings is 1. The Bertz CT molecular complexity index is 1680. The number of carbonyl (C=O) groups is 5. The number of nitrogens with zero attached hydrogens (tertiary/aromatic N) is 1. The molecular weight excluding hydrogens is 835 g/mol. The molecule has 368 valence electrons. The normalized spacial score (nSPS) is 36.3. The molecule has 15 heteroatoms. The summed E-state index contributed by atoms with van der Waals surface area (Å²) in [5.74, 6) is -8.18. The van der Waals surface area contributed by atoms with Gasteiger partial charge in [-0.3, -0.25) is 19.2 Å². The summed E-state index contributed by atoms with van der Waals surface area (Å²) >= 11 is 0. The maximum Gasteiger partial charge on any atom is 0.329 e. The molecule has 1 aliphatic carbocycles. The van der Waals surface area contributed by atoms with Crippen LogP contribution < -0.4 is 11.1 Å². The van der Waals surface area contributed by atoms with E-state index >= 15 is 0 Å². The van der Waals surface area contributed by atoms with Gasteiger partial charge in [0.15, 0.2) is 0 Å². The van der Waals surface area contributed by atoms with Gasteiger partial charge in [-0.15, -0.1) is 0 Å². The Morgan fingerprint density at radius 2 is 1.68 bits per heavy atom. The molecule has 5 N–H and O–H groups in total. The number of Topliss-reactive ketones (excluding diaryl/α,β-unsaturated/α-hetero) is 2. The molecule has 0 aromatic rings. The minimum absolute atomic E-state index is 0.0470. The summed E-state index contributed by atoms with van der Waals surface area (Å²) in [7, 11) is 4.74. The van der Waals surface area contributed by atoms with Crippen LogP contribution in [0, 0.1) is 29.6 Å². The van der Waals surface area contributed by atoms with E-state index in [-0.39, 0.29) is 61.9 Å². The first kappa shape index (κ1) is 54.3. The van der Waals surface area contributed by atoms with Gasteiger partial charge in [0.25, 0.3) is 11.7 Å². The molecule has 4 rings (SSSR count). The van der Waals surface area contributed by atoms with Crippen molar-refractivity contribution in [2.24, 2.45) is 35.3 Å². The molecule has 2 amide bonds. The number of ether oxygens (including phenoxy) is 5. The summed E-state index contributed by atoms with van der Waals surface area (Å²) in [5, 5.41) is 26.9. The molecule has 1 saturated carbocycles. The van der Waals surface area contributed by atoms with E-state index in [1.165, 1.54) is 25.2 Å². The van der Waals surface area contributed by atoms with E-state index in [1.807, 2.05) is 26.8 Å². The second kappa shape index (κ2) is 26.3. The third-order valence-corrected chi connectivity index (χ3v) is 14.2. The van der Waals surface area contributed by atoms with Gasteiger partial charge in [-0.2, -0.15) is 0 Å². The van der Waals surface area contributed by atoms with Crippen LogP contribution in [0.2, 0.25) is 0 Å². The zero-order valence-corrected chi connectivity index (χ0v) is 40.5. The summed E-state index contributed by atoms with van der Waals surface area (Å²) in [6.45, 7) is 10.4. The van der Waals surface area contributed by atoms with Gasteiger partial charge in [-0.1, -0.05) is 57.4 Å². The maximum absolute atomic E-state index is 14.5. The molecule has 65 heavy (non-hydrogen) atoms. The molecule has 3 aliphatic heterocycles. The minimum Gasteiger partial charge on any atom is -0.456 e. The number of methoxy groups -OCH3 is 3. The molecule has 0 aromatic carbocycles. The number of rotatable bonds is 13. The van der Waals surface area contributed by atoms with Gasteiger partial charge in [0.05, 0.1) is 24.4 Å². The van der Waals surface area contributed by atoms with Crippen molar-refractivity contribution >= 4 is 29.4 Å². The van der Waals surface area contributed by atoms with Gasteiger partial charge in [0.2, 0.25) is 11.7 Å². The predicted octanol–water partition coefficient (Wildman–Crippen LogP) is 5.28. The molecule has 0 radical (unpaired) electrons. The van der Waals surface area contributed by atoms with E-state index in [9.17, 15) is 34.2 Å². The number of aliphatic hydroxyl groups is 2. The number of ketones is 2. The third kappa shape index (κ3) is 15.1. The third-order valence-electron chi connectivity index (χ3n) is 14.2. The van der Waals surface area contributed by atoms with Gasteiger partial charge in [-0.05, 0) is 121 Å². The van der Waals surface area contributed by atoms with E-state index in [4.69, 9.17) is 29.4 Å². The molecule has 4 aliphatic rings. The molecule has 1 unspecified atom stereocenters. The Labute approximate surface area is 387 Å². The first-order chi connectivity index (χ1) is 31.0. The Morgan fingerprint density at radius 1 is 0.954 bits per heavy atom. The van der Waals surface area contributed by atoms with Crippen LogP contribution in [0.5, 0.6) is 0 Å². The predicted molar refractivity (Wildman–Crippen MR) is 246 cm³/mol. The average Bonchev–Trinajstić information content (AvgIpc) is 3.29. The second-order valence-corrected chi connectivity index (χ2v) is 19.4. The van der Waals surface area contributed by atoms with Crippen molar-refractivity contribution in [2.45, 2.75) is 179 Å². The average molecular weight is 916 g/mol. The highest BCUT2D eigenvalue weighted by atomic mass is 16.7. The summed E-state index contributed by atoms with van der Waals surface area (Å²) in [6, 6.07) is -1.15. The number of unbranched alkanes of at least 4 members (excludes halogenated alkanes) is 2. The first-order valence-corrected chi connectivity index (χ1v) is 24.2. The summed E-state index contributed by atoms with van der Waals surface area (Å²) in [5.41, 5.74) is 7.20. The fourth-order valence-electron chi connectivity index (χ4n) is 10.3. The first-order valence-electron chi connectivity index (χ1n) is 24.2. The topological polar surface area (TPSA) is 213 Å². The molecule has 2 bridgehead atoms. The van der Waals surface area contributed by atoms with Crippen molar-refractivity contribution in [3.05, 3.63) is 35.5 Å². The van der Waals surface area contributed by atoms with Gasteiger partial charge >= 0.3 is 5.97 Å². The Balaban J connectivity index is 1.75. The summed E-state index contributed by atoms with van der Waals surface area (Å²) in [4.78, 5) is 71.4. The lowest BCUT2D eigenvalue weighted by atomic mass is 9.82. The molecule has 2 saturated heterocycles. The van der Waals surface area contributed by atoms with Crippen LogP contribution in [0.4, 0.5) is 0 Å². The number of nitrogens with one attached hydrogen (secondary N) is 1. The van der Waals surface area contributed by atoms with Gasteiger partial charge in [0.1, 0.15) is 24.0 Å². The van der Waals surface area contributed by atoms with Crippen LogP contribution in [-0.2, 0) is 47.7 Å². The lowest BCUT2D eigenvalue weighted by molar-refractivity contribution is -0.302. The number of allylic oxidation sites excluding steroid dienone is 4. The number of amides is 2. The summed E-state index contributed by atoms with van der Waals surface area (Å²) in [6.07, 6.45) is 11.5. The van der Waals surface area contributed by atoms with Crippen LogP contribution in [0.15, 0.2) is 35.5 Å². The molecule has 0 aromatic heterocycles. The lowest BCUT2D eigenvalue weighted by Gasteiger charge is -2.47. The van der Waals surface area contributed by atoms with Gasteiger partial charge in [0, 0.05) is 58.6 Å². The van der Waals surface area contributed by atoms with Crippen LogP contribution in [-0.4, -0.2) is 134 Å². The second-order valence-electron chi connectivity index (χ2n) is 19.4. The number of carbonyl (C=O) groups excluding carboxylic acids is 5. The maximum atomic E-state index is 14.5. The zero-order valence-electron chi connectivity index (χ0n) is 40.5. The van der Waals surface area contributed by atoms with Crippen molar-refractivity contribution in [1.82, 2.24) is 10.2 Å². The number of hydrogen-bond donors (Lipinski definition) is 4. The molecule has 13 atom stereocenters. The number of fused-ring (bicyclic) bond motifs is 3. The Kier molecular flexibility index (Phi) is 22.0. The number of hydrogen-bond acceptors (Lipinski definition) is 13. The SMILES string of the molecule is CO[C@@H]1CCC[C@@H](/C=C(\C)[C@@H]2OC(=O)C3CCCCN3C(=O)C(=O)[C@@]3(O)O[C@@H]([C@H](OC)C[C@H](C)C/C(C)=C/[C@H](C/C=C/C(=O)NCCCCCN)C(=O)C[C@@H](O)[C@@H]2C)[C@H](OC)C[C@@H]3C)C1. The van der Waals surface area contributed by atoms with Crippen LogP contribution in [0.25, 0.3) is 0 Å². The van der Waals surface area contributed by atoms with Crippen molar-refractivity contribution in [1.29, 1.82) is 0 Å². The van der Waals surface area contributed by atoms with E-state index in [2.05, 4.69) is 11.4 Å². The van der Waals surface area contributed by atoms with E-state index in [0.29, 0.717) is 44.3 Å². The fraction of sp³-hybridized carbons (Fsp3) is 0.780. The van der Waals surface area contributed by atoms with Crippen LogP contribution in [0.3, 0.4) is 0 Å². The summed E-state index contributed by atoms with van der Waals surface area (Å²) < 4.78 is 30.1. The lowest BCUT2D eigenvalue weighted by Crippen LogP contribution is -2.64. The van der Waals surface area contributed by atoms with Crippen LogP contribution in [0.1, 0.15) is 131 Å². The number of nitrogens with two attached hydrogens (primary N) is 1. The molecule has 3 fully saturated rings. The van der Waals surface area contributed by atoms with E-state index in [1.54, 1.807) is 27.0 Å². The number of cyclic esters (lactones) is 1. The van der Waals surface area contributed by atoms with Gasteiger partial charge in [-0.25, -0.2) is 4.79 Å². The van der Waals surface area contributed by atoms with Crippen molar-refractivity contribution in [2.75, 3.05) is 41.0 Å².